The Balaban J connectivity index is 0.00000385. The van der Waals surface area contributed by atoms with Crippen LogP contribution in [0.4, 0.5) is 0 Å². The van der Waals surface area contributed by atoms with Crippen molar-refractivity contribution in [2.75, 3.05) is 13.2 Å². The maximum atomic E-state index is 11.2. The third-order valence-corrected chi connectivity index (χ3v) is 8.88. The number of carbonyl (C=O) groups excluding carboxylic acids is 1. The monoisotopic (exact) mass is 490 g/mol. The first-order chi connectivity index (χ1) is 14.9. The van der Waals surface area contributed by atoms with Gasteiger partial charge in [-0.1, -0.05) is 39.3 Å². The first-order valence-electron chi connectivity index (χ1n) is 12.1. The van der Waals surface area contributed by atoms with E-state index in [1.807, 2.05) is 0 Å². The second-order valence-corrected chi connectivity index (χ2v) is 12.1. The number of cyclic esters (lactones) is 1. The van der Waals surface area contributed by atoms with Gasteiger partial charge in [-0.15, -0.1) is 0 Å². The van der Waals surface area contributed by atoms with Crippen molar-refractivity contribution in [1.82, 2.24) is 0 Å². The van der Waals surface area contributed by atoms with Crippen molar-refractivity contribution in [2.45, 2.75) is 85.5 Å². The minimum absolute atomic E-state index is 0. The number of carbonyl (C=O) groups is 1. The molecule has 182 valence electrons. The molecule has 0 aromatic rings. The van der Waals surface area contributed by atoms with Gasteiger partial charge in [0.1, 0.15) is 6.61 Å². The number of hydrogen-bond acceptors (Lipinski definition) is 6. The molecular formula is C25H39NaO6S. The van der Waals surface area contributed by atoms with Crippen LogP contribution in [0.1, 0.15) is 85.5 Å². The zero-order valence-electron chi connectivity index (χ0n) is 21.0. The molecule has 0 aromatic carbocycles. The van der Waals surface area contributed by atoms with Crippen LogP contribution in [-0.4, -0.2) is 32.2 Å². The van der Waals surface area contributed by atoms with Crippen molar-refractivity contribution in [3.05, 3.63) is 23.3 Å². The van der Waals surface area contributed by atoms with Crippen LogP contribution in [0, 0.1) is 28.6 Å². The summed E-state index contributed by atoms with van der Waals surface area (Å²) in [7, 11) is -4.71. The standard InChI is InChI=1S/C25H40O6S.Na/c1-18-10-11-21-22(9-6-13-24(21,2)3)25(18,4)14-12-19(17-31-32(27,28)29)7-5-8-20-15-23(26)30-16-20;/h9,15,18-19,21H,5-8,10-14,16-17H2,1-4H3,(H,27,28,29);/q;+1/p-1/t18-,19?,21+,25-;/m0./s1. The van der Waals surface area contributed by atoms with Gasteiger partial charge in [0.05, 0.1) is 6.61 Å². The Hall–Kier alpha value is -0.180. The Bertz CT molecular complexity index is 862. The molecule has 0 spiro atoms. The van der Waals surface area contributed by atoms with Gasteiger partial charge in [-0.3, -0.25) is 4.18 Å². The van der Waals surface area contributed by atoms with Crippen LogP contribution in [0.25, 0.3) is 0 Å². The maximum absolute atomic E-state index is 11.2. The third kappa shape index (κ3) is 7.65. The molecule has 3 rings (SSSR count). The van der Waals surface area contributed by atoms with Gasteiger partial charge in [-0.2, -0.15) is 0 Å². The number of hydrogen-bond donors (Lipinski definition) is 0. The summed E-state index contributed by atoms with van der Waals surface area (Å²) in [5.74, 6) is 0.866. The van der Waals surface area contributed by atoms with Gasteiger partial charge in [0, 0.05) is 6.08 Å². The maximum Gasteiger partial charge on any atom is 1.00 e. The summed E-state index contributed by atoms with van der Waals surface area (Å²) >= 11 is 0. The molecule has 1 heterocycles. The molecule has 1 aliphatic heterocycles. The van der Waals surface area contributed by atoms with E-state index in [0.717, 1.165) is 44.1 Å². The van der Waals surface area contributed by atoms with Crippen LogP contribution in [0.15, 0.2) is 23.3 Å². The van der Waals surface area contributed by atoms with Gasteiger partial charge in [-0.05, 0) is 91.9 Å². The minimum atomic E-state index is -4.71. The minimum Gasteiger partial charge on any atom is -0.726 e. The van der Waals surface area contributed by atoms with Gasteiger partial charge >= 0.3 is 35.5 Å². The van der Waals surface area contributed by atoms with Crippen molar-refractivity contribution in [3.63, 3.8) is 0 Å². The fourth-order valence-electron chi connectivity index (χ4n) is 6.10. The van der Waals surface area contributed by atoms with Gasteiger partial charge < -0.3 is 9.29 Å². The predicted molar refractivity (Wildman–Crippen MR) is 122 cm³/mol. The van der Waals surface area contributed by atoms with Crippen molar-refractivity contribution < 1.29 is 56.2 Å². The molecular weight excluding hydrogens is 451 g/mol. The summed E-state index contributed by atoms with van der Waals surface area (Å²) < 4.78 is 42.9. The van der Waals surface area contributed by atoms with E-state index in [1.54, 1.807) is 5.57 Å². The Morgan fingerprint density at radius 2 is 1.97 bits per heavy atom. The normalized spacial score (nSPS) is 29.9. The molecule has 6 nitrogen and oxygen atoms in total. The predicted octanol–water partition coefficient (Wildman–Crippen LogP) is 2.32. The second-order valence-electron chi connectivity index (χ2n) is 11.0. The van der Waals surface area contributed by atoms with Gasteiger partial charge in [0.25, 0.3) is 0 Å². The molecule has 2 aliphatic carbocycles. The van der Waals surface area contributed by atoms with Crippen molar-refractivity contribution in [2.24, 2.45) is 28.6 Å². The fourth-order valence-corrected chi connectivity index (χ4v) is 6.45. The van der Waals surface area contributed by atoms with Gasteiger partial charge in [-0.25, -0.2) is 13.2 Å². The molecule has 8 heteroatoms. The van der Waals surface area contributed by atoms with Crippen LogP contribution in [0.3, 0.4) is 0 Å². The van der Waals surface area contributed by atoms with E-state index in [0.29, 0.717) is 23.9 Å². The largest absolute Gasteiger partial charge is 1.00 e. The smallest absolute Gasteiger partial charge is 0.726 e. The van der Waals surface area contributed by atoms with Crippen molar-refractivity contribution in [3.8, 4) is 0 Å². The molecule has 1 fully saturated rings. The molecule has 0 bridgehead atoms. The van der Waals surface area contributed by atoms with Crippen LogP contribution >= 0.6 is 0 Å². The van der Waals surface area contributed by atoms with E-state index < -0.39 is 10.4 Å². The average Bonchev–Trinajstić information content (AvgIpc) is 3.11. The third-order valence-electron chi connectivity index (χ3n) is 8.46. The van der Waals surface area contributed by atoms with Gasteiger partial charge in [0.15, 0.2) is 0 Å². The zero-order chi connectivity index (χ0) is 23.6. The van der Waals surface area contributed by atoms with E-state index in [4.69, 9.17) is 4.74 Å². The number of esters is 1. The summed E-state index contributed by atoms with van der Waals surface area (Å²) in [6, 6.07) is 0. The summed E-state index contributed by atoms with van der Waals surface area (Å²) in [5, 5.41) is 0. The summed E-state index contributed by atoms with van der Waals surface area (Å²) in [5.41, 5.74) is 2.97. The fraction of sp³-hybridized carbons (Fsp3) is 0.800. The second kappa shape index (κ2) is 11.7. The quantitative estimate of drug-likeness (QED) is 0.153. The molecule has 0 radical (unpaired) electrons. The van der Waals surface area contributed by atoms with Crippen molar-refractivity contribution in [1.29, 1.82) is 0 Å². The number of fused-ring (bicyclic) bond motifs is 1. The van der Waals surface area contributed by atoms with E-state index in [1.165, 1.54) is 25.3 Å². The first kappa shape index (κ1) is 29.1. The average molecular weight is 491 g/mol. The van der Waals surface area contributed by atoms with E-state index in [-0.39, 0.29) is 53.5 Å². The topological polar surface area (TPSA) is 92.7 Å². The molecule has 33 heavy (non-hydrogen) atoms. The molecule has 0 amide bonds. The first-order valence-corrected chi connectivity index (χ1v) is 13.4. The zero-order valence-corrected chi connectivity index (χ0v) is 23.8. The van der Waals surface area contributed by atoms with E-state index >= 15 is 0 Å². The molecule has 0 N–H and O–H groups in total. The molecule has 0 saturated heterocycles. The van der Waals surface area contributed by atoms with Crippen LogP contribution in [0.5, 0.6) is 0 Å². The van der Waals surface area contributed by atoms with E-state index in [2.05, 4.69) is 38.0 Å². The molecule has 4 atom stereocenters. The summed E-state index contributed by atoms with van der Waals surface area (Å²) in [6.07, 6.45) is 12.9. The number of ether oxygens (including phenoxy) is 1. The molecule has 3 aliphatic rings. The van der Waals surface area contributed by atoms with Gasteiger partial charge in [0.2, 0.25) is 10.4 Å². The Kier molecular flexibility index (Phi) is 10.3. The molecule has 1 unspecified atom stereocenters. The number of rotatable bonds is 10. The SMILES string of the molecule is C[C@H]1CC[C@@H]2C(=CCCC2(C)C)[C@@]1(C)CCC(CCCC1=CC(=O)OC1)COS(=O)(=O)[O-].[Na+]. The van der Waals surface area contributed by atoms with Crippen LogP contribution in [0.2, 0.25) is 0 Å². The Morgan fingerprint density at radius 3 is 2.61 bits per heavy atom. The van der Waals surface area contributed by atoms with Crippen LogP contribution in [-0.2, 0) is 24.1 Å². The molecule has 0 aromatic heterocycles. The van der Waals surface area contributed by atoms with Crippen molar-refractivity contribution >= 4 is 16.4 Å². The van der Waals surface area contributed by atoms with Crippen LogP contribution < -0.4 is 29.6 Å². The summed E-state index contributed by atoms with van der Waals surface area (Å²) in [4.78, 5) is 11.2. The Labute approximate surface area is 222 Å². The number of allylic oxidation sites excluding steroid dienone is 2. The summed E-state index contributed by atoms with van der Waals surface area (Å²) in [6.45, 7) is 9.78. The van der Waals surface area contributed by atoms with E-state index in [9.17, 15) is 17.8 Å². The Morgan fingerprint density at radius 1 is 1.24 bits per heavy atom. The molecule has 1 saturated carbocycles.